The second kappa shape index (κ2) is 9.62. The predicted octanol–water partition coefficient (Wildman–Crippen LogP) is 3.56. The van der Waals surface area contributed by atoms with Gasteiger partial charge in [-0.1, -0.05) is 11.6 Å². The maximum atomic E-state index is 14.6. The number of hydrogen-bond acceptors (Lipinski definition) is 6. The van der Waals surface area contributed by atoms with Gasteiger partial charge < -0.3 is 4.90 Å². The summed E-state index contributed by atoms with van der Waals surface area (Å²) >= 11 is 6.32. The van der Waals surface area contributed by atoms with Crippen molar-refractivity contribution >= 4 is 27.4 Å². The number of benzene rings is 1. The zero-order valence-electron chi connectivity index (χ0n) is 17.3. The molecule has 0 amide bonds. The minimum absolute atomic E-state index is 0.0560. The van der Waals surface area contributed by atoms with E-state index in [1.807, 2.05) is 4.90 Å². The first-order valence-electron chi connectivity index (χ1n) is 10.0. The number of rotatable bonds is 6. The molecule has 12 heteroatoms. The van der Waals surface area contributed by atoms with Crippen LogP contribution in [0.15, 0.2) is 42.9 Å². The Bertz CT molecular complexity index is 1270. The van der Waals surface area contributed by atoms with Crippen molar-refractivity contribution < 1.29 is 21.6 Å². The third kappa shape index (κ3) is 4.94. The summed E-state index contributed by atoms with van der Waals surface area (Å²) in [5, 5.41) is 0.273. The second-order valence-electron chi connectivity index (χ2n) is 7.30. The van der Waals surface area contributed by atoms with Crippen molar-refractivity contribution in [1.29, 1.82) is 0 Å². The highest BCUT2D eigenvalue weighted by Crippen LogP contribution is 2.35. The Labute approximate surface area is 193 Å². The quantitative estimate of drug-likeness (QED) is 0.518. The lowest BCUT2D eigenvalue weighted by atomic mass is 10.0. The average Bonchev–Trinajstić information content (AvgIpc) is 2.79. The van der Waals surface area contributed by atoms with Gasteiger partial charge in [0.25, 0.3) is 0 Å². The average molecular weight is 498 g/mol. The standard InChI is InChI=1S/C21H19ClF3N5O2S/c22-17-12-26-5-3-15(17)21-20(16-2-1-14(24)11-18(16)25)27-13-19(28-21)29-6-8-30(9-7-29)33(31,32)10-4-23/h1-3,5,11-13H,4,6-10H2. The molecule has 2 aromatic heterocycles. The van der Waals surface area contributed by atoms with Crippen molar-refractivity contribution in [3.05, 3.63) is 59.5 Å². The summed E-state index contributed by atoms with van der Waals surface area (Å²) < 4.78 is 66.0. The lowest BCUT2D eigenvalue weighted by Gasteiger charge is -2.34. The molecule has 174 valence electrons. The van der Waals surface area contributed by atoms with Crippen LogP contribution in [-0.4, -0.2) is 66.3 Å². The van der Waals surface area contributed by atoms with Crippen LogP contribution in [0.1, 0.15) is 0 Å². The van der Waals surface area contributed by atoms with Gasteiger partial charge in [0.15, 0.2) is 0 Å². The number of hydrogen-bond donors (Lipinski definition) is 0. The van der Waals surface area contributed by atoms with E-state index in [9.17, 15) is 21.6 Å². The SMILES string of the molecule is O=S(=O)(CCF)N1CCN(c2cnc(-c3ccc(F)cc3F)c(-c3ccncc3Cl)n2)CC1. The zero-order valence-corrected chi connectivity index (χ0v) is 18.8. The van der Waals surface area contributed by atoms with Crippen molar-refractivity contribution in [2.75, 3.05) is 43.5 Å². The molecular formula is C21H19ClF3N5O2S. The van der Waals surface area contributed by atoms with Gasteiger partial charge in [0.2, 0.25) is 10.0 Å². The van der Waals surface area contributed by atoms with Crippen LogP contribution in [0.25, 0.3) is 22.5 Å². The van der Waals surface area contributed by atoms with E-state index in [0.717, 1.165) is 12.1 Å². The lowest BCUT2D eigenvalue weighted by molar-refractivity contribution is 0.379. The van der Waals surface area contributed by atoms with Gasteiger partial charge in [-0.15, -0.1) is 0 Å². The number of aromatic nitrogens is 3. The van der Waals surface area contributed by atoms with Crippen LogP contribution in [0.3, 0.4) is 0 Å². The molecule has 0 atom stereocenters. The summed E-state index contributed by atoms with van der Waals surface area (Å²) in [6, 6.07) is 4.78. The van der Waals surface area contributed by atoms with E-state index in [-0.39, 0.29) is 35.1 Å². The van der Waals surface area contributed by atoms with E-state index in [2.05, 4.69) is 15.0 Å². The number of piperazine rings is 1. The molecule has 1 aromatic carbocycles. The molecule has 0 spiro atoms. The number of nitrogens with zero attached hydrogens (tertiary/aromatic N) is 5. The van der Waals surface area contributed by atoms with Crippen LogP contribution in [0.4, 0.5) is 19.0 Å². The van der Waals surface area contributed by atoms with Gasteiger partial charge in [-0.25, -0.2) is 31.6 Å². The van der Waals surface area contributed by atoms with Gasteiger partial charge in [-0.05, 0) is 18.2 Å². The Balaban J connectivity index is 1.71. The molecule has 0 radical (unpaired) electrons. The van der Waals surface area contributed by atoms with Gasteiger partial charge in [0, 0.05) is 55.8 Å². The largest absolute Gasteiger partial charge is 0.353 e. The fourth-order valence-corrected chi connectivity index (χ4v) is 4.97. The van der Waals surface area contributed by atoms with Gasteiger partial charge in [-0.3, -0.25) is 4.98 Å². The Morgan fingerprint density at radius 3 is 2.42 bits per heavy atom. The first kappa shape index (κ1) is 23.4. The smallest absolute Gasteiger partial charge is 0.216 e. The molecule has 0 saturated carbocycles. The van der Waals surface area contributed by atoms with Crippen molar-refractivity contribution in [2.24, 2.45) is 0 Å². The molecule has 3 heterocycles. The topological polar surface area (TPSA) is 79.3 Å². The van der Waals surface area contributed by atoms with Gasteiger partial charge in [0.1, 0.15) is 29.8 Å². The fourth-order valence-electron chi connectivity index (χ4n) is 3.59. The predicted molar refractivity (Wildman–Crippen MR) is 119 cm³/mol. The summed E-state index contributed by atoms with van der Waals surface area (Å²) in [5.74, 6) is -1.62. The first-order valence-corrected chi connectivity index (χ1v) is 12.0. The summed E-state index contributed by atoms with van der Waals surface area (Å²) in [4.78, 5) is 14.8. The Hall–Kier alpha value is -2.76. The van der Waals surface area contributed by atoms with Crippen molar-refractivity contribution in [1.82, 2.24) is 19.3 Å². The summed E-state index contributed by atoms with van der Waals surface area (Å²) in [5.41, 5.74) is 0.968. The Morgan fingerprint density at radius 2 is 1.76 bits per heavy atom. The van der Waals surface area contributed by atoms with Crippen molar-refractivity contribution in [2.45, 2.75) is 0 Å². The van der Waals surface area contributed by atoms with Gasteiger partial charge in [-0.2, -0.15) is 4.31 Å². The molecular weight excluding hydrogens is 479 g/mol. The Morgan fingerprint density at radius 1 is 1.00 bits per heavy atom. The monoisotopic (exact) mass is 497 g/mol. The molecule has 1 aliphatic rings. The lowest BCUT2D eigenvalue weighted by Crippen LogP contribution is -2.49. The number of alkyl halides is 1. The number of anilines is 1. The van der Waals surface area contributed by atoms with Crippen molar-refractivity contribution in [3.8, 4) is 22.5 Å². The highest BCUT2D eigenvalue weighted by Gasteiger charge is 2.28. The molecule has 1 saturated heterocycles. The summed E-state index contributed by atoms with van der Waals surface area (Å²) in [6.45, 7) is 0.0286. The Kier molecular flexibility index (Phi) is 6.82. The van der Waals surface area contributed by atoms with Gasteiger partial charge >= 0.3 is 0 Å². The molecule has 1 aliphatic heterocycles. The maximum Gasteiger partial charge on any atom is 0.216 e. The third-order valence-corrected chi connectivity index (χ3v) is 7.39. The first-order chi connectivity index (χ1) is 15.8. The van der Waals surface area contributed by atoms with Crippen molar-refractivity contribution in [3.63, 3.8) is 0 Å². The highest BCUT2D eigenvalue weighted by atomic mass is 35.5. The van der Waals surface area contributed by atoms with Crippen LogP contribution >= 0.6 is 11.6 Å². The van der Waals surface area contributed by atoms with Crippen LogP contribution < -0.4 is 4.90 Å². The minimum atomic E-state index is -3.65. The van der Waals surface area contributed by atoms with Crippen LogP contribution in [0, 0.1) is 11.6 Å². The van der Waals surface area contributed by atoms with Crippen LogP contribution in [0.5, 0.6) is 0 Å². The molecule has 0 unspecified atom stereocenters. The molecule has 3 aromatic rings. The van der Waals surface area contributed by atoms with Crippen LogP contribution in [0.2, 0.25) is 5.02 Å². The molecule has 0 bridgehead atoms. The van der Waals surface area contributed by atoms with E-state index < -0.39 is 34.1 Å². The zero-order chi connectivity index (χ0) is 23.6. The summed E-state index contributed by atoms with van der Waals surface area (Å²) in [7, 11) is -3.65. The maximum absolute atomic E-state index is 14.6. The molecule has 0 aliphatic carbocycles. The molecule has 0 N–H and O–H groups in total. The third-order valence-electron chi connectivity index (χ3n) is 5.26. The second-order valence-corrected chi connectivity index (χ2v) is 9.79. The van der Waals surface area contributed by atoms with E-state index >= 15 is 0 Å². The van der Waals surface area contributed by atoms with E-state index in [1.165, 1.54) is 29.0 Å². The molecule has 4 rings (SSSR count). The molecule has 1 fully saturated rings. The normalized spacial score (nSPS) is 15.1. The number of pyridine rings is 1. The molecule has 33 heavy (non-hydrogen) atoms. The van der Waals surface area contributed by atoms with E-state index in [0.29, 0.717) is 24.5 Å². The molecule has 7 nitrogen and oxygen atoms in total. The number of halogens is 4. The fraction of sp³-hybridized carbons (Fsp3) is 0.286. The van der Waals surface area contributed by atoms with Crippen LogP contribution in [-0.2, 0) is 10.0 Å². The summed E-state index contributed by atoms with van der Waals surface area (Å²) in [6.07, 6.45) is 4.38. The van der Waals surface area contributed by atoms with E-state index in [1.54, 1.807) is 6.07 Å². The van der Waals surface area contributed by atoms with Gasteiger partial charge in [0.05, 0.1) is 22.7 Å². The number of sulfonamides is 1. The minimum Gasteiger partial charge on any atom is -0.353 e. The highest BCUT2D eigenvalue weighted by molar-refractivity contribution is 7.89. The van der Waals surface area contributed by atoms with E-state index in [4.69, 9.17) is 11.6 Å².